The molecule has 1 rings (SSSR count). The topological polar surface area (TPSA) is 69.6 Å². The summed E-state index contributed by atoms with van der Waals surface area (Å²) in [6, 6.07) is 0. The van der Waals surface area contributed by atoms with Crippen LogP contribution in [0, 0.1) is 5.41 Å². The van der Waals surface area contributed by atoms with E-state index in [9.17, 15) is 9.90 Å². The molecule has 4 nitrogen and oxygen atoms in total. The van der Waals surface area contributed by atoms with Crippen molar-refractivity contribution >= 4 is 5.97 Å². The Morgan fingerprint density at radius 2 is 2.17 bits per heavy atom. The summed E-state index contributed by atoms with van der Waals surface area (Å²) >= 11 is 0. The molecule has 1 fully saturated rings. The zero-order valence-corrected chi connectivity index (χ0v) is 7.42. The van der Waals surface area contributed by atoms with Crippen LogP contribution in [0.5, 0.6) is 0 Å². The Morgan fingerprint density at radius 1 is 1.67 bits per heavy atom. The van der Waals surface area contributed by atoms with Gasteiger partial charge in [0.15, 0.2) is 0 Å². The number of hydrogen-bond donors (Lipinski definition) is 3. The van der Waals surface area contributed by atoms with Crippen LogP contribution >= 0.6 is 0 Å². The van der Waals surface area contributed by atoms with Gasteiger partial charge in [-0.15, -0.1) is 0 Å². The number of carbonyl (C=O) groups is 1. The van der Waals surface area contributed by atoms with E-state index in [4.69, 9.17) is 5.11 Å². The Hall–Kier alpha value is -0.610. The lowest BCUT2D eigenvalue weighted by Gasteiger charge is -2.48. The Morgan fingerprint density at radius 3 is 2.25 bits per heavy atom. The molecule has 1 aliphatic rings. The molecule has 1 heterocycles. The third-order valence-corrected chi connectivity index (χ3v) is 3.04. The van der Waals surface area contributed by atoms with E-state index in [1.807, 2.05) is 0 Å². The summed E-state index contributed by atoms with van der Waals surface area (Å²) in [6.07, 6.45) is 0.445. The first-order valence-electron chi connectivity index (χ1n) is 4.13. The highest BCUT2D eigenvalue weighted by atomic mass is 16.4. The van der Waals surface area contributed by atoms with E-state index in [0.717, 1.165) is 0 Å². The lowest BCUT2D eigenvalue weighted by atomic mass is 9.68. The van der Waals surface area contributed by atoms with Gasteiger partial charge in [-0.25, -0.2) is 0 Å². The smallest absolute Gasteiger partial charge is 0.312 e. The number of hydrogen-bond acceptors (Lipinski definition) is 3. The first-order chi connectivity index (χ1) is 5.46. The first-order valence-corrected chi connectivity index (χ1v) is 4.13. The van der Waals surface area contributed by atoms with E-state index in [-0.39, 0.29) is 0 Å². The van der Waals surface area contributed by atoms with Crippen molar-refractivity contribution in [3.8, 4) is 0 Å². The zero-order valence-electron chi connectivity index (χ0n) is 7.42. The number of aliphatic hydroxyl groups is 1. The van der Waals surface area contributed by atoms with Gasteiger partial charge >= 0.3 is 5.97 Å². The summed E-state index contributed by atoms with van der Waals surface area (Å²) in [7, 11) is 0. The molecular formula is C8H15NO3. The fourth-order valence-electron chi connectivity index (χ4n) is 1.43. The molecular weight excluding hydrogens is 158 g/mol. The number of carboxylic acids is 1. The van der Waals surface area contributed by atoms with Crippen LogP contribution in [0.25, 0.3) is 0 Å². The summed E-state index contributed by atoms with van der Waals surface area (Å²) in [5.41, 5.74) is -2.08. The minimum absolute atomic E-state index is 0.379. The van der Waals surface area contributed by atoms with Gasteiger partial charge in [0.25, 0.3) is 0 Å². The number of aliphatic carboxylic acids is 1. The summed E-state index contributed by atoms with van der Waals surface area (Å²) < 4.78 is 0. The molecule has 70 valence electrons. The Balaban J connectivity index is 2.85. The van der Waals surface area contributed by atoms with Crippen LogP contribution in [0.3, 0.4) is 0 Å². The number of rotatable bonds is 3. The maximum Gasteiger partial charge on any atom is 0.312 e. The van der Waals surface area contributed by atoms with Gasteiger partial charge < -0.3 is 15.5 Å². The quantitative estimate of drug-likeness (QED) is 0.554. The van der Waals surface area contributed by atoms with E-state index < -0.39 is 17.0 Å². The average molecular weight is 173 g/mol. The highest BCUT2D eigenvalue weighted by Crippen LogP contribution is 2.37. The van der Waals surface area contributed by atoms with Gasteiger partial charge in [0, 0.05) is 13.1 Å². The molecule has 3 N–H and O–H groups in total. The van der Waals surface area contributed by atoms with Crippen molar-refractivity contribution < 1.29 is 15.0 Å². The molecule has 1 unspecified atom stereocenters. The minimum atomic E-state index is -1.06. The van der Waals surface area contributed by atoms with Crippen molar-refractivity contribution in [2.24, 2.45) is 5.41 Å². The van der Waals surface area contributed by atoms with Crippen molar-refractivity contribution in [1.29, 1.82) is 0 Å². The summed E-state index contributed by atoms with van der Waals surface area (Å²) in [5.74, 6) is -0.922. The van der Waals surface area contributed by atoms with Crippen LogP contribution in [-0.4, -0.2) is 34.9 Å². The molecule has 12 heavy (non-hydrogen) atoms. The molecule has 0 aromatic carbocycles. The van der Waals surface area contributed by atoms with Crippen molar-refractivity contribution in [3.63, 3.8) is 0 Å². The van der Waals surface area contributed by atoms with E-state index >= 15 is 0 Å². The molecule has 0 aromatic rings. The van der Waals surface area contributed by atoms with Gasteiger partial charge in [-0.05, 0) is 13.3 Å². The monoisotopic (exact) mass is 173 g/mol. The predicted octanol–water partition coefficient (Wildman–Crippen LogP) is -0.178. The molecule has 1 atom stereocenters. The Bertz CT molecular complexity index is 200. The van der Waals surface area contributed by atoms with Crippen molar-refractivity contribution in [2.45, 2.75) is 25.9 Å². The fraction of sp³-hybridized carbons (Fsp3) is 0.875. The Labute approximate surface area is 71.6 Å². The van der Waals surface area contributed by atoms with Gasteiger partial charge in [-0.2, -0.15) is 0 Å². The molecule has 0 amide bonds. The van der Waals surface area contributed by atoms with Crippen LogP contribution in [0.4, 0.5) is 0 Å². The second kappa shape index (κ2) is 2.71. The maximum absolute atomic E-state index is 10.9. The van der Waals surface area contributed by atoms with E-state index in [1.165, 1.54) is 0 Å². The SMILES string of the molecule is CCC(C)(C(=O)O)C1(O)CNC1. The summed E-state index contributed by atoms with van der Waals surface area (Å²) in [5, 5.41) is 21.7. The van der Waals surface area contributed by atoms with E-state index in [0.29, 0.717) is 19.5 Å². The van der Waals surface area contributed by atoms with Gasteiger partial charge in [0.2, 0.25) is 0 Å². The lowest BCUT2D eigenvalue weighted by Crippen LogP contribution is -2.69. The molecule has 0 bridgehead atoms. The summed E-state index contributed by atoms with van der Waals surface area (Å²) in [4.78, 5) is 10.9. The normalized spacial score (nSPS) is 25.6. The highest BCUT2D eigenvalue weighted by Gasteiger charge is 2.54. The van der Waals surface area contributed by atoms with E-state index in [1.54, 1.807) is 13.8 Å². The van der Waals surface area contributed by atoms with Gasteiger partial charge in [-0.1, -0.05) is 6.92 Å². The second-order valence-electron chi connectivity index (χ2n) is 3.63. The first kappa shape index (κ1) is 9.48. The molecule has 4 heteroatoms. The fourth-order valence-corrected chi connectivity index (χ4v) is 1.43. The van der Waals surface area contributed by atoms with E-state index in [2.05, 4.69) is 5.32 Å². The van der Waals surface area contributed by atoms with Crippen molar-refractivity contribution in [3.05, 3.63) is 0 Å². The van der Waals surface area contributed by atoms with Crippen LogP contribution in [0.15, 0.2) is 0 Å². The second-order valence-corrected chi connectivity index (χ2v) is 3.63. The third-order valence-electron chi connectivity index (χ3n) is 3.04. The maximum atomic E-state index is 10.9. The van der Waals surface area contributed by atoms with Crippen LogP contribution < -0.4 is 5.32 Å². The number of carboxylic acid groups (broad SMARTS) is 1. The Kier molecular flexibility index (Phi) is 2.14. The largest absolute Gasteiger partial charge is 0.481 e. The number of nitrogens with one attached hydrogen (secondary N) is 1. The van der Waals surface area contributed by atoms with Crippen molar-refractivity contribution in [2.75, 3.05) is 13.1 Å². The zero-order chi connectivity index (χ0) is 9.41. The molecule has 0 radical (unpaired) electrons. The molecule has 0 aliphatic carbocycles. The van der Waals surface area contributed by atoms with Gasteiger partial charge in [0.1, 0.15) is 5.60 Å². The molecule has 0 aromatic heterocycles. The average Bonchev–Trinajstić information content (AvgIpc) is 1.98. The van der Waals surface area contributed by atoms with Crippen molar-refractivity contribution in [1.82, 2.24) is 5.32 Å². The van der Waals surface area contributed by atoms with Crippen LogP contribution in [-0.2, 0) is 4.79 Å². The van der Waals surface area contributed by atoms with Gasteiger partial charge in [-0.3, -0.25) is 4.79 Å². The van der Waals surface area contributed by atoms with Gasteiger partial charge in [0.05, 0.1) is 5.41 Å². The lowest BCUT2D eigenvalue weighted by molar-refractivity contribution is -0.175. The van der Waals surface area contributed by atoms with Crippen LogP contribution in [0.2, 0.25) is 0 Å². The summed E-state index contributed by atoms with van der Waals surface area (Å²) in [6.45, 7) is 4.13. The molecule has 0 spiro atoms. The molecule has 0 saturated carbocycles. The standard InChI is InChI=1S/C8H15NO3/c1-3-7(2,6(10)11)8(12)4-9-5-8/h9,12H,3-5H2,1-2H3,(H,10,11). The highest BCUT2D eigenvalue weighted by molar-refractivity contribution is 5.76. The molecule has 1 saturated heterocycles. The molecule has 1 aliphatic heterocycles. The number of β-amino-alcohol motifs (C(OH)–C–C–N with tert-alkyl or cyclic N) is 1. The third kappa shape index (κ3) is 1.03. The minimum Gasteiger partial charge on any atom is -0.481 e. The predicted molar refractivity (Wildman–Crippen MR) is 43.9 cm³/mol. The van der Waals surface area contributed by atoms with Crippen LogP contribution in [0.1, 0.15) is 20.3 Å².